The van der Waals surface area contributed by atoms with Gasteiger partial charge in [0.05, 0.1) is 0 Å². The van der Waals surface area contributed by atoms with Crippen LogP contribution >= 0.6 is 25.3 Å². The fourth-order valence-corrected chi connectivity index (χ4v) is 2.76. The maximum absolute atomic E-state index is 11.7. The summed E-state index contributed by atoms with van der Waals surface area (Å²) >= 11 is 8.61. The van der Waals surface area contributed by atoms with Gasteiger partial charge in [-0.2, -0.15) is 25.3 Å². The molecule has 0 aliphatic carbocycles. The van der Waals surface area contributed by atoms with Gasteiger partial charge in [0.2, 0.25) is 5.91 Å². The summed E-state index contributed by atoms with van der Waals surface area (Å²) in [6, 6.07) is 0.0451. The van der Waals surface area contributed by atoms with E-state index in [4.69, 9.17) is 5.11 Å². The Morgan fingerprint density at radius 2 is 1.80 bits per heavy atom. The van der Waals surface area contributed by atoms with Gasteiger partial charge in [-0.05, 0) is 44.8 Å². The molecular formula is C14H27NO3S2. The second-order valence-electron chi connectivity index (χ2n) is 5.17. The summed E-state index contributed by atoms with van der Waals surface area (Å²) in [6.45, 7) is 1.91. The molecule has 2 atom stereocenters. The largest absolute Gasteiger partial charge is 0.481 e. The van der Waals surface area contributed by atoms with Gasteiger partial charge in [-0.25, -0.2) is 0 Å². The number of hydrogen-bond donors (Lipinski definition) is 4. The fourth-order valence-electron chi connectivity index (χ4n) is 1.94. The van der Waals surface area contributed by atoms with E-state index in [9.17, 15) is 9.59 Å². The van der Waals surface area contributed by atoms with Gasteiger partial charge in [0.25, 0.3) is 0 Å². The van der Waals surface area contributed by atoms with E-state index in [2.05, 4.69) is 30.6 Å². The van der Waals surface area contributed by atoms with Crippen LogP contribution in [0, 0.1) is 0 Å². The number of amides is 1. The van der Waals surface area contributed by atoms with Gasteiger partial charge in [0.15, 0.2) is 0 Å². The normalized spacial score (nSPS) is 13.8. The maximum Gasteiger partial charge on any atom is 0.303 e. The third-order valence-corrected chi connectivity index (χ3v) is 3.86. The van der Waals surface area contributed by atoms with Gasteiger partial charge in [-0.15, -0.1) is 0 Å². The Labute approximate surface area is 132 Å². The van der Waals surface area contributed by atoms with Crippen molar-refractivity contribution in [2.75, 3.05) is 5.75 Å². The summed E-state index contributed by atoms with van der Waals surface area (Å²) in [7, 11) is 0. The van der Waals surface area contributed by atoms with Crippen molar-refractivity contribution in [3.05, 3.63) is 0 Å². The van der Waals surface area contributed by atoms with Crippen LogP contribution in [0.3, 0.4) is 0 Å². The predicted octanol–water partition coefficient (Wildman–Crippen LogP) is 2.92. The molecule has 0 aromatic rings. The number of hydrogen-bond acceptors (Lipinski definition) is 4. The number of aliphatic carboxylic acids is 1. The minimum atomic E-state index is -0.786. The zero-order chi connectivity index (χ0) is 15.4. The molecule has 0 fully saturated rings. The van der Waals surface area contributed by atoms with E-state index in [0.717, 1.165) is 31.4 Å². The van der Waals surface area contributed by atoms with E-state index in [0.29, 0.717) is 24.5 Å². The number of thiol groups is 2. The number of carboxylic acids is 1. The summed E-state index contributed by atoms with van der Waals surface area (Å²) in [5.41, 5.74) is 0. The van der Waals surface area contributed by atoms with Crippen LogP contribution in [0.25, 0.3) is 0 Å². The monoisotopic (exact) mass is 321 g/mol. The average Bonchev–Trinajstić information content (AvgIpc) is 2.34. The molecule has 4 nitrogen and oxygen atoms in total. The van der Waals surface area contributed by atoms with E-state index in [1.807, 2.05) is 6.92 Å². The van der Waals surface area contributed by atoms with Crippen molar-refractivity contribution >= 4 is 37.1 Å². The standard InChI is InChI=1S/C14H27NO3S2/c1-11(5-4-8-14(17)18)15-13(16)7-3-2-6-12(20)9-10-19/h11-12,19-20H,2-10H2,1H3,(H,15,16)(H,17,18). The van der Waals surface area contributed by atoms with Crippen LogP contribution in [0.1, 0.15) is 58.3 Å². The Hall–Kier alpha value is -0.360. The molecule has 2 N–H and O–H groups in total. The SMILES string of the molecule is CC(CCCC(=O)O)NC(=O)CCCCC(S)CCS. The molecule has 2 unspecified atom stereocenters. The molecule has 0 rings (SSSR count). The van der Waals surface area contributed by atoms with E-state index in [1.165, 1.54) is 0 Å². The lowest BCUT2D eigenvalue weighted by atomic mass is 10.1. The summed E-state index contributed by atoms with van der Waals surface area (Å²) < 4.78 is 0. The van der Waals surface area contributed by atoms with Crippen LogP contribution in [-0.4, -0.2) is 34.0 Å². The molecule has 0 saturated carbocycles. The van der Waals surface area contributed by atoms with Crippen molar-refractivity contribution in [2.45, 2.75) is 69.6 Å². The van der Waals surface area contributed by atoms with Crippen LogP contribution in [-0.2, 0) is 9.59 Å². The van der Waals surface area contributed by atoms with Crippen LogP contribution in [0.15, 0.2) is 0 Å². The van der Waals surface area contributed by atoms with Crippen molar-refractivity contribution < 1.29 is 14.7 Å². The van der Waals surface area contributed by atoms with Gasteiger partial charge in [0, 0.05) is 24.1 Å². The van der Waals surface area contributed by atoms with Crippen molar-refractivity contribution in [3.8, 4) is 0 Å². The number of carbonyl (C=O) groups is 2. The highest BCUT2D eigenvalue weighted by atomic mass is 32.1. The van der Waals surface area contributed by atoms with Crippen molar-refractivity contribution in [1.29, 1.82) is 0 Å². The molecule has 0 saturated heterocycles. The molecule has 0 aliphatic rings. The van der Waals surface area contributed by atoms with Crippen molar-refractivity contribution in [2.24, 2.45) is 0 Å². The minimum Gasteiger partial charge on any atom is -0.481 e. The van der Waals surface area contributed by atoms with Gasteiger partial charge >= 0.3 is 5.97 Å². The van der Waals surface area contributed by atoms with Crippen LogP contribution in [0.5, 0.6) is 0 Å². The number of rotatable bonds is 12. The Balaban J connectivity index is 3.54. The lowest BCUT2D eigenvalue weighted by Crippen LogP contribution is -2.32. The second kappa shape index (κ2) is 12.4. The number of carbonyl (C=O) groups excluding carboxylic acids is 1. The average molecular weight is 322 g/mol. The van der Waals surface area contributed by atoms with Crippen molar-refractivity contribution in [1.82, 2.24) is 5.32 Å². The molecule has 0 bridgehead atoms. The topological polar surface area (TPSA) is 66.4 Å². The lowest BCUT2D eigenvalue weighted by Gasteiger charge is -2.13. The first-order valence-corrected chi connectivity index (χ1v) is 8.40. The molecule has 0 radical (unpaired) electrons. The third kappa shape index (κ3) is 12.7. The quantitative estimate of drug-likeness (QED) is 0.330. The molecular weight excluding hydrogens is 294 g/mol. The van der Waals surface area contributed by atoms with Gasteiger partial charge in [-0.3, -0.25) is 9.59 Å². The molecule has 118 valence electrons. The van der Waals surface area contributed by atoms with Crippen molar-refractivity contribution in [3.63, 3.8) is 0 Å². The van der Waals surface area contributed by atoms with Crippen LogP contribution in [0.4, 0.5) is 0 Å². The Bertz CT molecular complexity index is 288. The Kier molecular flexibility index (Phi) is 12.2. The smallest absolute Gasteiger partial charge is 0.303 e. The molecule has 0 aromatic heterocycles. The zero-order valence-corrected chi connectivity index (χ0v) is 14.0. The van der Waals surface area contributed by atoms with E-state index >= 15 is 0 Å². The highest BCUT2D eigenvalue weighted by Gasteiger charge is 2.08. The number of unbranched alkanes of at least 4 members (excludes halogenated alkanes) is 1. The predicted molar refractivity (Wildman–Crippen MR) is 88.8 cm³/mol. The summed E-state index contributed by atoms with van der Waals surface area (Å²) in [5.74, 6) is 0.117. The Morgan fingerprint density at radius 3 is 2.40 bits per heavy atom. The van der Waals surface area contributed by atoms with Gasteiger partial charge in [0.1, 0.15) is 0 Å². The highest BCUT2D eigenvalue weighted by molar-refractivity contribution is 7.81. The lowest BCUT2D eigenvalue weighted by molar-refractivity contribution is -0.137. The molecule has 0 heterocycles. The molecule has 0 aromatic carbocycles. The van der Waals surface area contributed by atoms with Gasteiger partial charge in [-0.1, -0.05) is 6.42 Å². The first kappa shape index (κ1) is 19.6. The molecule has 1 amide bonds. The van der Waals surface area contributed by atoms with Gasteiger partial charge < -0.3 is 10.4 Å². The summed E-state index contributed by atoms with van der Waals surface area (Å²) in [6.07, 6.45) is 5.89. The first-order valence-electron chi connectivity index (χ1n) is 7.25. The second-order valence-corrected chi connectivity index (χ2v) is 6.34. The summed E-state index contributed by atoms with van der Waals surface area (Å²) in [5, 5.41) is 11.8. The van der Waals surface area contributed by atoms with E-state index < -0.39 is 5.97 Å². The third-order valence-electron chi connectivity index (χ3n) is 3.09. The highest BCUT2D eigenvalue weighted by Crippen LogP contribution is 2.12. The fraction of sp³-hybridized carbons (Fsp3) is 0.857. The minimum absolute atomic E-state index is 0.0451. The zero-order valence-electron chi connectivity index (χ0n) is 12.2. The van der Waals surface area contributed by atoms with Crippen LogP contribution < -0.4 is 5.32 Å². The number of nitrogens with one attached hydrogen (secondary N) is 1. The van der Waals surface area contributed by atoms with Crippen LogP contribution in [0.2, 0.25) is 0 Å². The molecule has 6 heteroatoms. The molecule has 0 spiro atoms. The van der Waals surface area contributed by atoms with E-state index in [1.54, 1.807) is 0 Å². The van der Waals surface area contributed by atoms with E-state index in [-0.39, 0.29) is 18.4 Å². The maximum atomic E-state index is 11.7. The Morgan fingerprint density at radius 1 is 1.10 bits per heavy atom. The molecule has 0 aliphatic heterocycles. The molecule has 20 heavy (non-hydrogen) atoms. The summed E-state index contributed by atoms with van der Waals surface area (Å²) in [4.78, 5) is 22.0. The number of carboxylic acid groups (broad SMARTS) is 1. The first-order chi connectivity index (χ1) is 9.45.